The molecule has 19 heavy (non-hydrogen) atoms. The minimum Gasteiger partial charge on any atom is -0.744 e. The number of hydrogen-bond donors (Lipinski definition) is 0. The fourth-order valence-electron chi connectivity index (χ4n) is 1.46. The average Bonchev–Trinajstić information content (AvgIpc) is 2.28. The molecule has 0 spiro atoms. The molecule has 0 fully saturated rings. The van der Waals surface area contributed by atoms with Crippen LogP contribution in [0.1, 0.15) is 5.56 Å². The van der Waals surface area contributed by atoms with E-state index in [1.165, 1.54) is 12.1 Å². The van der Waals surface area contributed by atoms with Crippen molar-refractivity contribution in [3.63, 3.8) is 0 Å². The van der Waals surface area contributed by atoms with Crippen molar-refractivity contribution >= 4 is 10.1 Å². The Morgan fingerprint density at radius 2 is 1.68 bits per heavy atom. The zero-order valence-corrected chi connectivity index (χ0v) is 12.2. The summed E-state index contributed by atoms with van der Waals surface area (Å²) >= 11 is 0. The van der Waals surface area contributed by atoms with Crippen molar-refractivity contribution in [2.45, 2.75) is 11.8 Å². The molecule has 1 aliphatic heterocycles. The first-order chi connectivity index (χ1) is 8.71. The van der Waals surface area contributed by atoms with Crippen LogP contribution in [0.15, 0.2) is 53.6 Å². The Kier molecular flexibility index (Phi) is 5.05. The lowest BCUT2D eigenvalue weighted by Gasteiger charge is -2.24. The number of quaternary nitrogens is 1. The number of hydrogen-bond acceptors (Lipinski definition) is 3. The molecule has 0 radical (unpaired) electrons. The Bertz CT molecular complexity index is 569. The molecule has 0 bridgehead atoms. The number of aryl methyl sites for hydroxylation is 1. The highest BCUT2D eigenvalue weighted by Crippen LogP contribution is 2.08. The van der Waals surface area contributed by atoms with Crippen molar-refractivity contribution in [3.8, 4) is 0 Å². The van der Waals surface area contributed by atoms with Gasteiger partial charge in [-0.3, -0.25) is 4.48 Å². The lowest BCUT2D eigenvalue weighted by Crippen LogP contribution is -2.34. The molecule has 1 heterocycles. The standard InChI is InChI=1S/C7H12N.C7H8O3S/c1-8(2)6-4-3-5-7-8;1-6-2-4-7(5-3-6)11(8,9)10/h3-6H,7H2,1-2H3;2-5H,1H3,(H,8,9,10)/q+1;/p-1. The summed E-state index contributed by atoms with van der Waals surface area (Å²) < 4.78 is 32.1. The molecule has 0 aromatic heterocycles. The topological polar surface area (TPSA) is 57.2 Å². The van der Waals surface area contributed by atoms with Gasteiger partial charge in [-0.2, -0.15) is 0 Å². The second-order valence-electron chi connectivity index (χ2n) is 5.00. The predicted octanol–water partition coefficient (Wildman–Crippen LogP) is 2.05. The summed E-state index contributed by atoms with van der Waals surface area (Å²) in [5, 5.41) is 0. The van der Waals surface area contributed by atoms with E-state index in [0.29, 0.717) is 0 Å². The van der Waals surface area contributed by atoms with Crippen LogP contribution < -0.4 is 0 Å². The number of benzene rings is 1. The van der Waals surface area contributed by atoms with E-state index in [0.717, 1.165) is 16.6 Å². The minimum atomic E-state index is -4.27. The summed E-state index contributed by atoms with van der Waals surface area (Å²) in [6.07, 6.45) is 8.53. The van der Waals surface area contributed by atoms with E-state index < -0.39 is 10.1 Å². The number of rotatable bonds is 1. The molecule has 1 aliphatic rings. The number of likely N-dealkylation sites (N-methyl/N-ethyl adjacent to an activating group) is 1. The molecular formula is C14H19NO3S. The van der Waals surface area contributed by atoms with E-state index in [1.54, 1.807) is 12.1 Å². The third-order valence-corrected chi connectivity index (χ3v) is 3.47. The third kappa shape index (κ3) is 5.83. The Hall–Kier alpha value is -1.43. The largest absolute Gasteiger partial charge is 0.744 e. The molecule has 0 atom stereocenters. The quantitative estimate of drug-likeness (QED) is 0.584. The van der Waals surface area contributed by atoms with Crippen LogP contribution in [0.4, 0.5) is 0 Å². The highest BCUT2D eigenvalue weighted by atomic mass is 32.2. The SMILES string of the molecule is C[N+]1(C)C=CC=CC1.Cc1ccc(S(=O)(=O)[O-])cc1. The van der Waals surface area contributed by atoms with Crippen LogP contribution in [0.25, 0.3) is 0 Å². The van der Waals surface area contributed by atoms with Crippen LogP contribution in [-0.4, -0.2) is 38.1 Å². The van der Waals surface area contributed by atoms with Gasteiger partial charge in [-0.25, -0.2) is 8.42 Å². The molecule has 1 aromatic carbocycles. The molecule has 1 aromatic rings. The molecule has 5 heteroatoms. The van der Waals surface area contributed by atoms with Crippen molar-refractivity contribution in [3.05, 3.63) is 54.3 Å². The van der Waals surface area contributed by atoms with Gasteiger partial charge in [0.25, 0.3) is 0 Å². The molecule has 2 rings (SSSR count). The van der Waals surface area contributed by atoms with E-state index in [-0.39, 0.29) is 4.90 Å². The maximum Gasteiger partial charge on any atom is 0.124 e. The third-order valence-electron chi connectivity index (χ3n) is 2.62. The first kappa shape index (κ1) is 15.6. The molecule has 104 valence electrons. The molecule has 4 nitrogen and oxygen atoms in total. The molecule has 0 N–H and O–H groups in total. The molecular weight excluding hydrogens is 262 g/mol. The first-order valence-corrected chi connectivity index (χ1v) is 7.31. The van der Waals surface area contributed by atoms with Crippen LogP contribution in [0.5, 0.6) is 0 Å². The summed E-state index contributed by atoms with van der Waals surface area (Å²) in [6.45, 7) is 2.94. The number of allylic oxidation sites excluding steroid dienone is 2. The second-order valence-corrected chi connectivity index (χ2v) is 6.38. The molecule has 0 saturated carbocycles. The van der Waals surface area contributed by atoms with Gasteiger partial charge in [0.05, 0.1) is 25.2 Å². The highest BCUT2D eigenvalue weighted by molar-refractivity contribution is 7.85. The van der Waals surface area contributed by atoms with E-state index in [1.807, 2.05) is 6.92 Å². The molecule has 0 amide bonds. The van der Waals surface area contributed by atoms with E-state index >= 15 is 0 Å². The van der Waals surface area contributed by atoms with Crippen LogP contribution in [0.2, 0.25) is 0 Å². The maximum absolute atomic E-state index is 10.4. The highest BCUT2D eigenvalue weighted by Gasteiger charge is 2.08. The van der Waals surface area contributed by atoms with Gasteiger partial charge >= 0.3 is 0 Å². The lowest BCUT2D eigenvalue weighted by molar-refractivity contribution is -0.833. The second kappa shape index (κ2) is 6.14. The minimum absolute atomic E-state index is 0.178. The zero-order valence-electron chi connectivity index (χ0n) is 11.4. The fraction of sp³-hybridized carbons (Fsp3) is 0.286. The Morgan fingerprint density at radius 3 is 2.00 bits per heavy atom. The van der Waals surface area contributed by atoms with Gasteiger partial charge < -0.3 is 4.55 Å². The van der Waals surface area contributed by atoms with Crippen LogP contribution >= 0.6 is 0 Å². The van der Waals surface area contributed by atoms with Crippen LogP contribution in [-0.2, 0) is 10.1 Å². The molecule has 0 unspecified atom stereocenters. The summed E-state index contributed by atoms with van der Waals surface area (Å²) in [5.41, 5.74) is 0.928. The maximum atomic E-state index is 10.4. The predicted molar refractivity (Wildman–Crippen MR) is 74.4 cm³/mol. The van der Waals surface area contributed by atoms with Gasteiger partial charge in [0, 0.05) is 0 Å². The van der Waals surface area contributed by atoms with Gasteiger partial charge in [0.2, 0.25) is 0 Å². The van der Waals surface area contributed by atoms with Gasteiger partial charge in [-0.05, 0) is 31.2 Å². The molecule has 0 saturated heterocycles. The van der Waals surface area contributed by atoms with Gasteiger partial charge in [-0.15, -0.1) is 0 Å². The fourth-order valence-corrected chi connectivity index (χ4v) is 1.93. The van der Waals surface area contributed by atoms with Crippen LogP contribution in [0.3, 0.4) is 0 Å². The summed E-state index contributed by atoms with van der Waals surface area (Å²) in [4.78, 5) is -0.178. The van der Waals surface area contributed by atoms with Gasteiger partial charge in [-0.1, -0.05) is 23.8 Å². The zero-order chi connectivity index (χ0) is 14.5. The average molecular weight is 281 g/mol. The summed E-state index contributed by atoms with van der Waals surface area (Å²) in [5.74, 6) is 0. The Balaban J connectivity index is 0.000000200. The van der Waals surface area contributed by atoms with Crippen molar-refractivity contribution in [2.24, 2.45) is 0 Å². The van der Waals surface area contributed by atoms with E-state index in [9.17, 15) is 13.0 Å². The molecule has 0 aliphatic carbocycles. The Morgan fingerprint density at radius 1 is 1.11 bits per heavy atom. The van der Waals surface area contributed by atoms with Gasteiger partial charge in [0.15, 0.2) is 0 Å². The smallest absolute Gasteiger partial charge is 0.124 e. The van der Waals surface area contributed by atoms with Crippen molar-refractivity contribution in [1.29, 1.82) is 0 Å². The lowest BCUT2D eigenvalue weighted by atomic mass is 10.2. The van der Waals surface area contributed by atoms with Crippen molar-refractivity contribution in [2.75, 3.05) is 20.6 Å². The van der Waals surface area contributed by atoms with E-state index in [2.05, 4.69) is 38.5 Å². The number of nitrogens with zero attached hydrogens (tertiary/aromatic N) is 1. The van der Waals surface area contributed by atoms with E-state index in [4.69, 9.17) is 0 Å². The van der Waals surface area contributed by atoms with Crippen molar-refractivity contribution in [1.82, 2.24) is 0 Å². The van der Waals surface area contributed by atoms with Crippen LogP contribution in [0, 0.1) is 6.92 Å². The van der Waals surface area contributed by atoms with Gasteiger partial charge in [0.1, 0.15) is 16.7 Å². The Labute approximate surface area is 115 Å². The normalized spacial score (nSPS) is 16.6. The summed E-state index contributed by atoms with van der Waals surface area (Å²) in [6, 6.07) is 5.78. The van der Waals surface area contributed by atoms with Crippen molar-refractivity contribution < 1.29 is 17.5 Å². The first-order valence-electron chi connectivity index (χ1n) is 5.90. The monoisotopic (exact) mass is 281 g/mol. The summed E-state index contributed by atoms with van der Waals surface area (Å²) in [7, 11) is 0.0915.